The lowest BCUT2D eigenvalue weighted by Crippen LogP contribution is -2.40. The normalized spacial score (nSPS) is 27.0. The van der Waals surface area contributed by atoms with Crippen LogP contribution in [-0.2, 0) is 0 Å². The van der Waals surface area contributed by atoms with Gasteiger partial charge in [0, 0.05) is 12.1 Å². The summed E-state index contributed by atoms with van der Waals surface area (Å²) in [6.07, 6.45) is 12.4. The van der Waals surface area contributed by atoms with E-state index in [1.807, 2.05) is 0 Å². The molecule has 3 rings (SSSR count). The van der Waals surface area contributed by atoms with Crippen molar-refractivity contribution in [3.05, 3.63) is 35.9 Å². The lowest BCUT2D eigenvalue weighted by Gasteiger charge is -2.31. The molecule has 0 bridgehead atoms. The van der Waals surface area contributed by atoms with Gasteiger partial charge in [-0.2, -0.15) is 0 Å². The molecule has 2 heteroatoms. The van der Waals surface area contributed by atoms with Crippen LogP contribution in [0, 0.1) is 5.92 Å². The summed E-state index contributed by atoms with van der Waals surface area (Å²) in [6, 6.07) is 12.6. The van der Waals surface area contributed by atoms with E-state index >= 15 is 0 Å². The van der Waals surface area contributed by atoms with Crippen LogP contribution in [0.2, 0.25) is 0 Å². The topological polar surface area (TPSA) is 24.1 Å². The zero-order valence-corrected chi connectivity index (χ0v) is 15.5. The summed E-state index contributed by atoms with van der Waals surface area (Å²) in [6.45, 7) is 4.73. The van der Waals surface area contributed by atoms with Crippen LogP contribution in [0.1, 0.15) is 76.2 Å². The Bertz CT molecular complexity index is 444. The summed E-state index contributed by atoms with van der Waals surface area (Å²) in [4.78, 5) is 0. The Morgan fingerprint density at radius 2 is 1.38 bits per heavy atom. The van der Waals surface area contributed by atoms with Gasteiger partial charge in [0.1, 0.15) is 0 Å². The third-order valence-corrected chi connectivity index (χ3v) is 6.11. The summed E-state index contributed by atoms with van der Waals surface area (Å²) in [5.41, 5.74) is 1.54. The molecule has 2 saturated carbocycles. The monoisotopic (exact) mass is 328 g/mol. The van der Waals surface area contributed by atoms with E-state index in [-0.39, 0.29) is 0 Å². The van der Waals surface area contributed by atoms with Gasteiger partial charge in [0.25, 0.3) is 0 Å². The van der Waals surface area contributed by atoms with E-state index in [1.165, 1.54) is 70.9 Å². The number of benzene rings is 1. The van der Waals surface area contributed by atoms with Gasteiger partial charge in [-0.25, -0.2) is 0 Å². The fourth-order valence-electron chi connectivity index (χ4n) is 4.47. The minimum absolute atomic E-state index is 0.735. The molecule has 0 heterocycles. The molecule has 24 heavy (non-hydrogen) atoms. The molecule has 2 aliphatic rings. The third kappa shape index (κ3) is 5.60. The molecule has 1 unspecified atom stereocenters. The van der Waals surface area contributed by atoms with Crippen LogP contribution in [0.4, 0.5) is 0 Å². The number of rotatable bonds is 7. The molecule has 0 spiro atoms. The van der Waals surface area contributed by atoms with Gasteiger partial charge in [0.2, 0.25) is 0 Å². The molecular weight excluding hydrogens is 292 g/mol. The average Bonchev–Trinajstić information content (AvgIpc) is 2.67. The quantitative estimate of drug-likeness (QED) is 0.747. The van der Waals surface area contributed by atoms with Gasteiger partial charge < -0.3 is 10.6 Å². The fraction of sp³-hybridized carbons (Fsp3) is 0.727. The molecule has 0 aliphatic heterocycles. The van der Waals surface area contributed by atoms with Crippen molar-refractivity contribution in [1.29, 1.82) is 0 Å². The van der Waals surface area contributed by atoms with Crippen molar-refractivity contribution in [3.63, 3.8) is 0 Å². The number of hydrogen-bond donors (Lipinski definition) is 2. The minimum Gasteiger partial charge on any atom is -0.314 e. The van der Waals surface area contributed by atoms with Crippen LogP contribution < -0.4 is 10.6 Å². The second-order valence-electron chi connectivity index (χ2n) is 8.22. The van der Waals surface area contributed by atoms with E-state index in [1.54, 1.807) is 5.56 Å². The first-order valence-electron chi connectivity index (χ1n) is 10.3. The summed E-state index contributed by atoms with van der Waals surface area (Å²) >= 11 is 0. The molecule has 0 saturated heterocycles. The zero-order chi connectivity index (χ0) is 16.6. The van der Waals surface area contributed by atoms with E-state index in [0.29, 0.717) is 0 Å². The molecule has 1 aromatic carbocycles. The smallest absolute Gasteiger partial charge is 0.00676 e. The van der Waals surface area contributed by atoms with Crippen molar-refractivity contribution in [2.24, 2.45) is 5.92 Å². The Hall–Kier alpha value is -0.860. The lowest BCUT2D eigenvalue weighted by atomic mass is 9.81. The van der Waals surface area contributed by atoms with Gasteiger partial charge in [0.05, 0.1) is 0 Å². The van der Waals surface area contributed by atoms with E-state index in [9.17, 15) is 0 Å². The predicted molar refractivity (Wildman–Crippen MR) is 103 cm³/mol. The number of hydrogen-bond acceptors (Lipinski definition) is 2. The minimum atomic E-state index is 0.735. The Balaban J connectivity index is 1.30. The molecule has 0 radical (unpaired) electrons. The van der Waals surface area contributed by atoms with Crippen LogP contribution in [0.3, 0.4) is 0 Å². The van der Waals surface area contributed by atoms with Gasteiger partial charge in [-0.1, -0.05) is 56.5 Å². The maximum atomic E-state index is 3.84. The van der Waals surface area contributed by atoms with Crippen molar-refractivity contribution in [1.82, 2.24) is 10.6 Å². The largest absolute Gasteiger partial charge is 0.314 e. The summed E-state index contributed by atoms with van der Waals surface area (Å²) in [5.74, 6) is 1.52. The zero-order valence-electron chi connectivity index (χ0n) is 15.5. The lowest BCUT2D eigenvalue weighted by molar-refractivity contribution is 0.311. The maximum absolute atomic E-state index is 3.84. The number of nitrogens with one attached hydrogen (secondary N) is 2. The average molecular weight is 329 g/mol. The van der Waals surface area contributed by atoms with Crippen LogP contribution in [0.5, 0.6) is 0 Å². The second-order valence-corrected chi connectivity index (χ2v) is 8.22. The van der Waals surface area contributed by atoms with E-state index < -0.39 is 0 Å². The van der Waals surface area contributed by atoms with Crippen LogP contribution >= 0.6 is 0 Å². The molecule has 2 aliphatic carbocycles. The van der Waals surface area contributed by atoms with E-state index in [0.717, 1.165) is 23.9 Å². The van der Waals surface area contributed by atoms with Gasteiger partial charge in [-0.05, 0) is 69.0 Å². The van der Waals surface area contributed by atoms with Crippen molar-refractivity contribution < 1.29 is 0 Å². The van der Waals surface area contributed by atoms with Crippen molar-refractivity contribution in [2.45, 2.75) is 82.7 Å². The molecule has 0 aromatic heterocycles. The SMILES string of the molecule is CC(CNC1CCCCC1)CNC1CCC(c2ccccc2)CC1. The third-order valence-electron chi connectivity index (χ3n) is 6.11. The molecule has 2 fully saturated rings. The first kappa shape index (κ1) is 17.9. The van der Waals surface area contributed by atoms with Gasteiger partial charge >= 0.3 is 0 Å². The summed E-state index contributed by atoms with van der Waals surface area (Å²) in [5, 5.41) is 7.64. The molecule has 1 atom stereocenters. The van der Waals surface area contributed by atoms with Gasteiger partial charge in [-0.15, -0.1) is 0 Å². The molecule has 2 nitrogen and oxygen atoms in total. The first-order chi connectivity index (χ1) is 11.8. The fourth-order valence-corrected chi connectivity index (χ4v) is 4.47. The Morgan fingerprint density at radius 3 is 2.00 bits per heavy atom. The highest BCUT2D eigenvalue weighted by molar-refractivity contribution is 5.20. The Morgan fingerprint density at radius 1 is 0.792 bits per heavy atom. The van der Waals surface area contributed by atoms with Crippen LogP contribution in [0.15, 0.2) is 30.3 Å². The summed E-state index contributed by atoms with van der Waals surface area (Å²) in [7, 11) is 0. The van der Waals surface area contributed by atoms with Gasteiger partial charge in [0.15, 0.2) is 0 Å². The Labute approximate surface area is 148 Å². The molecule has 2 N–H and O–H groups in total. The van der Waals surface area contributed by atoms with Crippen molar-refractivity contribution >= 4 is 0 Å². The first-order valence-corrected chi connectivity index (χ1v) is 10.3. The van der Waals surface area contributed by atoms with Crippen LogP contribution in [0.25, 0.3) is 0 Å². The van der Waals surface area contributed by atoms with Crippen molar-refractivity contribution in [3.8, 4) is 0 Å². The summed E-state index contributed by atoms with van der Waals surface area (Å²) < 4.78 is 0. The van der Waals surface area contributed by atoms with E-state index in [4.69, 9.17) is 0 Å². The highest BCUT2D eigenvalue weighted by Crippen LogP contribution is 2.32. The van der Waals surface area contributed by atoms with Gasteiger partial charge in [-0.3, -0.25) is 0 Å². The molecule has 1 aromatic rings. The van der Waals surface area contributed by atoms with Crippen LogP contribution in [-0.4, -0.2) is 25.2 Å². The van der Waals surface area contributed by atoms with Crippen molar-refractivity contribution in [2.75, 3.05) is 13.1 Å². The van der Waals surface area contributed by atoms with E-state index in [2.05, 4.69) is 47.9 Å². The highest BCUT2D eigenvalue weighted by atomic mass is 14.9. The molecule has 134 valence electrons. The standard InChI is InChI=1S/C22H36N2/c1-18(16-23-21-10-6-3-7-11-21)17-24-22-14-12-20(13-15-22)19-8-4-2-5-9-19/h2,4-5,8-9,18,20-24H,3,6-7,10-17H2,1H3. The second kappa shape index (κ2) is 9.58. The maximum Gasteiger partial charge on any atom is 0.00676 e. The molecular formula is C22H36N2. The Kier molecular flexibility index (Phi) is 7.16. The predicted octanol–water partition coefficient (Wildman–Crippen LogP) is 4.86. The highest BCUT2D eigenvalue weighted by Gasteiger charge is 2.22. The molecule has 0 amide bonds.